The summed E-state index contributed by atoms with van der Waals surface area (Å²) in [5.41, 5.74) is 2.79. The molecule has 0 bridgehead atoms. The maximum atomic E-state index is 13.3. The van der Waals surface area contributed by atoms with Gasteiger partial charge in [-0.3, -0.25) is 14.4 Å². The van der Waals surface area contributed by atoms with Crippen molar-refractivity contribution in [2.45, 2.75) is 59.0 Å². The quantitative estimate of drug-likeness (QED) is 0.716. The molecule has 5 rings (SSSR count). The average Bonchev–Trinajstić information content (AvgIpc) is 3.62. The lowest BCUT2D eigenvalue weighted by molar-refractivity contribution is -0.117. The Bertz CT molecular complexity index is 1100. The first-order chi connectivity index (χ1) is 14.8. The summed E-state index contributed by atoms with van der Waals surface area (Å²) >= 11 is 1.34. The van der Waals surface area contributed by atoms with Gasteiger partial charge in [0.05, 0.1) is 21.8 Å². The fraction of sp³-hybridized carbons (Fsp3) is 0.500. The van der Waals surface area contributed by atoms with Gasteiger partial charge in [0.2, 0.25) is 11.8 Å². The summed E-state index contributed by atoms with van der Waals surface area (Å²) in [6, 6.07) is 2.10. The van der Waals surface area contributed by atoms with Crippen LogP contribution in [0.25, 0.3) is 10.6 Å². The summed E-state index contributed by atoms with van der Waals surface area (Å²) in [6.07, 6.45) is 4.06. The number of amides is 3. The molecule has 3 heterocycles. The van der Waals surface area contributed by atoms with Crippen LogP contribution in [-0.2, 0) is 16.1 Å². The SMILES string of the molecule is CC(=O)Nc1nc(C)c(-c2cc3c(c(NC(=O)C4CC4)n2)C(=O)N([C@@H](C)C2CC2)C3)s1. The first-order valence-corrected chi connectivity index (χ1v) is 11.5. The molecule has 3 aliphatic rings. The lowest BCUT2D eigenvalue weighted by atomic mass is 10.1. The molecule has 8 nitrogen and oxygen atoms in total. The van der Waals surface area contributed by atoms with E-state index in [1.807, 2.05) is 17.9 Å². The molecule has 2 aliphatic carbocycles. The van der Waals surface area contributed by atoms with E-state index in [-0.39, 0.29) is 29.7 Å². The highest BCUT2D eigenvalue weighted by atomic mass is 32.1. The third-order valence-electron chi connectivity index (χ3n) is 6.21. The number of carbonyl (C=O) groups excluding carboxylic acids is 3. The largest absolute Gasteiger partial charge is 0.331 e. The maximum Gasteiger partial charge on any atom is 0.258 e. The Balaban J connectivity index is 1.54. The van der Waals surface area contributed by atoms with Crippen molar-refractivity contribution in [2.75, 3.05) is 10.6 Å². The van der Waals surface area contributed by atoms with Gasteiger partial charge < -0.3 is 15.5 Å². The van der Waals surface area contributed by atoms with Gasteiger partial charge in [0, 0.05) is 25.4 Å². The molecule has 3 amide bonds. The van der Waals surface area contributed by atoms with Gasteiger partial charge in [-0.1, -0.05) is 11.3 Å². The van der Waals surface area contributed by atoms with E-state index in [0.29, 0.717) is 34.7 Å². The van der Waals surface area contributed by atoms with Gasteiger partial charge in [0.1, 0.15) is 5.82 Å². The van der Waals surface area contributed by atoms with Crippen molar-refractivity contribution in [2.24, 2.45) is 11.8 Å². The number of hydrogen-bond donors (Lipinski definition) is 2. The Morgan fingerprint density at radius 2 is 1.94 bits per heavy atom. The summed E-state index contributed by atoms with van der Waals surface area (Å²) in [5.74, 6) is 0.589. The van der Waals surface area contributed by atoms with Crippen LogP contribution in [0.3, 0.4) is 0 Å². The number of thiazole rings is 1. The van der Waals surface area contributed by atoms with Crippen LogP contribution in [0.5, 0.6) is 0 Å². The average molecular weight is 440 g/mol. The molecule has 162 valence electrons. The number of nitrogens with zero attached hydrogens (tertiary/aromatic N) is 3. The van der Waals surface area contributed by atoms with Crippen molar-refractivity contribution < 1.29 is 14.4 Å². The van der Waals surface area contributed by atoms with Gasteiger partial charge in [-0.2, -0.15) is 0 Å². The fourth-order valence-electron chi connectivity index (χ4n) is 4.13. The fourth-order valence-corrected chi connectivity index (χ4v) is 5.10. The molecule has 0 radical (unpaired) electrons. The van der Waals surface area contributed by atoms with Gasteiger partial charge in [0.25, 0.3) is 5.91 Å². The Kier molecular flexibility index (Phi) is 4.80. The van der Waals surface area contributed by atoms with E-state index in [9.17, 15) is 14.4 Å². The van der Waals surface area contributed by atoms with Crippen LogP contribution in [0.2, 0.25) is 0 Å². The van der Waals surface area contributed by atoms with E-state index in [4.69, 9.17) is 4.98 Å². The lowest BCUT2D eigenvalue weighted by Gasteiger charge is -2.24. The number of pyridine rings is 1. The van der Waals surface area contributed by atoms with Crippen molar-refractivity contribution in [3.63, 3.8) is 0 Å². The van der Waals surface area contributed by atoms with Gasteiger partial charge in [-0.15, -0.1) is 0 Å². The van der Waals surface area contributed by atoms with Crippen molar-refractivity contribution >= 4 is 40.0 Å². The van der Waals surface area contributed by atoms with E-state index < -0.39 is 0 Å². The van der Waals surface area contributed by atoms with Crippen LogP contribution in [0.15, 0.2) is 6.07 Å². The lowest BCUT2D eigenvalue weighted by Crippen LogP contribution is -2.35. The summed E-state index contributed by atoms with van der Waals surface area (Å²) in [5, 5.41) is 6.15. The second kappa shape index (κ2) is 7.40. The molecule has 2 N–H and O–H groups in total. The first-order valence-electron chi connectivity index (χ1n) is 10.7. The van der Waals surface area contributed by atoms with E-state index >= 15 is 0 Å². The molecule has 0 unspecified atom stereocenters. The van der Waals surface area contributed by atoms with E-state index in [0.717, 1.165) is 41.8 Å². The van der Waals surface area contributed by atoms with Crippen LogP contribution < -0.4 is 10.6 Å². The topological polar surface area (TPSA) is 104 Å². The zero-order chi connectivity index (χ0) is 21.9. The standard InChI is InChI=1S/C22H25N5O3S/c1-10-18(31-22(23-10)24-12(3)28)16-8-15-9-27(11(2)13-4-5-13)21(30)17(15)19(25-16)26-20(29)14-6-7-14/h8,11,13-14H,4-7,9H2,1-3H3,(H,23,24,28)(H,25,26,29)/t11-/m0/s1. The Morgan fingerprint density at radius 1 is 1.19 bits per heavy atom. The number of nitrogens with one attached hydrogen (secondary N) is 2. The molecule has 31 heavy (non-hydrogen) atoms. The van der Waals surface area contributed by atoms with Crippen molar-refractivity contribution in [1.29, 1.82) is 0 Å². The molecule has 1 atom stereocenters. The number of aromatic nitrogens is 2. The summed E-state index contributed by atoms with van der Waals surface area (Å²) in [7, 11) is 0. The Hall–Kier alpha value is -2.81. The minimum Gasteiger partial charge on any atom is -0.331 e. The van der Waals surface area contributed by atoms with E-state index in [2.05, 4.69) is 22.5 Å². The van der Waals surface area contributed by atoms with Crippen LogP contribution in [0.4, 0.5) is 10.9 Å². The molecule has 1 aliphatic heterocycles. The maximum absolute atomic E-state index is 13.3. The third kappa shape index (κ3) is 3.82. The number of hydrogen-bond acceptors (Lipinski definition) is 6. The molecule has 0 aromatic carbocycles. The van der Waals surface area contributed by atoms with E-state index in [1.54, 1.807) is 0 Å². The summed E-state index contributed by atoms with van der Waals surface area (Å²) < 4.78 is 0. The predicted molar refractivity (Wildman–Crippen MR) is 118 cm³/mol. The van der Waals surface area contributed by atoms with Crippen LogP contribution in [0.1, 0.15) is 61.1 Å². The molecule has 2 saturated carbocycles. The molecule has 0 saturated heterocycles. The molecule has 2 aromatic rings. The number of aryl methyl sites for hydroxylation is 1. The van der Waals surface area contributed by atoms with Crippen molar-refractivity contribution in [3.05, 3.63) is 22.9 Å². The number of rotatable bonds is 6. The second-order valence-electron chi connectivity index (χ2n) is 8.78. The van der Waals surface area contributed by atoms with Gasteiger partial charge in [-0.25, -0.2) is 9.97 Å². The highest BCUT2D eigenvalue weighted by molar-refractivity contribution is 7.19. The third-order valence-corrected chi connectivity index (χ3v) is 7.31. The summed E-state index contributed by atoms with van der Waals surface area (Å²) in [4.78, 5) is 49.1. The van der Waals surface area contributed by atoms with Crippen molar-refractivity contribution in [1.82, 2.24) is 14.9 Å². The van der Waals surface area contributed by atoms with Gasteiger partial charge >= 0.3 is 0 Å². The minimum atomic E-state index is -0.185. The number of anilines is 2. The summed E-state index contributed by atoms with van der Waals surface area (Å²) in [6.45, 7) is 5.92. The minimum absolute atomic E-state index is 0.00983. The Morgan fingerprint density at radius 3 is 2.58 bits per heavy atom. The van der Waals surface area contributed by atoms with Crippen LogP contribution in [-0.4, -0.2) is 38.6 Å². The monoisotopic (exact) mass is 439 g/mol. The number of carbonyl (C=O) groups is 3. The number of fused-ring (bicyclic) bond motifs is 1. The van der Waals surface area contributed by atoms with Crippen molar-refractivity contribution in [3.8, 4) is 10.6 Å². The highest BCUT2D eigenvalue weighted by Crippen LogP contribution is 2.42. The molecular weight excluding hydrogens is 414 g/mol. The molecular formula is C22H25N5O3S. The zero-order valence-corrected chi connectivity index (χ0v) is 18.6. The molecule has 9 heteroatoms. The molecule has 2 aromatic heterocycles. The smallest absolute Gasteiger partial charge is 0.258 e. The normalized spacial score (nSPS) is 18.7. The van der Waals surface area contributed by atoms with Crippen LogP contribution in [0, 0.1) is 18.8 Å². The Labute approximate surface area is 184 Å². The first kappa shape index (κ1) is 20.1. The van der Waals surface area contributed by atoms with E-state index in [1.165, 1.54) is 18.3 Å². The molecule has 0 spiro atoms. The van der Waals surface area contributed by atoms with Gasteiger partial charge in [0.15, 0.2) is 5.13 Å². The zero-order valence-electron chi connectivity index (χ0n) is 17.8. The van der Waals surface area contributed by atoms with Crippen LogP contribution >= 0.6 is 11.3 Å². The van der Waals surface area contributed by atoms with Gasteiger partial charge in [-0.05, 0) is 57.1 Å². The predicted octanol–water partition coefficient (Wildman–Crippen LogP) is 3.57. The second-order valence-corrected chi connectivity index (χ2v) is 9.78. The highest BCUT2D eigenvalue weighted by Gasteiger charge is 2.41. The molecule has 2 fully saturated rings.